The first-order chi connectivity index (χ1) is 11.7. The summed E-state index contributed by atoms with van der Waals surface area (Å²) in [4.78, 5) is 50.4. The van der Waals surface area contributed by atoms with Crippen molar-refractivity contribution in [2.45, 2.75) is 65.2 Å². The molecule has 1 unspecified atom stereocenters. The normalized spacial score (nSPS) is 18.5. The Morgan fingerprint density at radius 1 is 1.04 bits per heavy atom. The standard InChI is InChI=1S/C17H28N2O7/c1-16(2,3)25-13(22)10-18-7-8-19(15(24)26-17(4,5)6)11(14(18)23)9-12(20)21/h11H,7-10H2,1-6H3,(H,20,21). The summed E-state index contributed by atoms with van der Waals surface area (Å²) >= 11 is 0. The summed E-state index contributed by atoms with van der Waals surface area (Å²) in [5.41, 5.74) is -1.47. The first kappa shape index (κ1) is 21.7. The molecule has 0 aromatic carbocycles. The van der Waals surface area contributed by atoms with Crippen molar-refractivity contribution in [3.8, 4) is 0 Å². The second kappa shape index (κ2) is 7.92. The van der Waals surface area contributed by atoms with Gasteiger partial charge in [-0.1, -0.05) is 0 Å². The molecular formula is C17H28N2O7. The largest absolute Gasteiger partial charge is 0.481 e. The highest BCUT2D eigenvalue weighted by atomic mass is 16.6. The van der Waals surface area contributed by atoms with Gasteiger partial charge in [-0.3, -0.25) is 19.3 Å². The van der Waals surface area contributed by atoms with Gasteiger partial charge in [0, 0.05) is 13.1 Å². The van der Waals surface area contributed by atoms with E-state index in [0.717, 1.165) is 4.90 Å². The lowest BCUT2D eigenvalue weighted by atomic mass is 10.1. The van der Waals surface area contributed by atoms with E-state index in [9.17, 15) is 19.2 Å². The summed E-state index contributed by atoms with van der Waals surface area (Å²) in [6.45, 7) is 10.0. The number of rotatable bonds is 4. The molecule has 0 aromatic rings. The molecule has 9 heteroatoms. The van der Waals surface area contributed by atoms with Gasteiger partial charge >= 0.3 is 18.0 Å². The van der Waals surface area contributed by atoms with Crippen LogP contribution in [0.2, 0.25) is 0 Å². The van der Waals surface area contributed by atoms with Gasteiger partial charge in [0.1, 0.15) is 23.8 Å². The van der Waals surface area contributed by atoms with E-state index in [-0.39, 0.29) is 19.6 Å². The van der Waals surface area contributed by atoms with Gasteiger partial charge in [-0.05, 0) is 41.5 Å². The van der Waals surface area contributed by atoms with Gasteiger partial charge in [0.25, 0.3) is 0 Å². The van der Waals surface area contributed by atoms with E-state index in [1.165, 1.54) is 4.90 Å². The van der Waals surface area contributed by atoms with Gasteiger partial charge in [-0.2, -0.15) is 0 Å². The number of piperazine rings is 1. The second-order valence-electron chi connectivity index (χ2n) is 8.13. The molecule has 0 aliphatic carbocycles. The number of hydrogen-bond donors (Lipinski definition) is 1. The Morgan fingerprint density at radius 3 is 2.04 bits per heavy atom. The van der Waals surface area contributed by atoms with Crippen LogP contribution in [0.1, 0.15) is 48.0 Å². The van der Waals surface area contributed by atoms with Crippen LogP contribution in [0.15, 0.2) is 0 Å². The van der Waals surface area contributed by atoms with E-state index < -0.39 is 47.6 Å². The van der Waals surface area contributed by atoms with Crippen molar-refractivity contribution in [3.05, 3.63) is 0 Å². The number of carbonyl (C=O) groups excluding carboxylic acids is 3. The predicted molar refractivity (Wildman–Crippen MR) is 91.4 cm³/mol. The smallest absolute Gasteiger partial charge is 0.411 e. The van der Waals surface area contributed by atoms with Crippen LogP contribution < -0.4 is 0 Å². The molecule has 1 aliphatic rings. The average Bonchev–Trinajstić information content (AvgIpc) is 2.38. The molecule has 0 aromatic heterocycles. The summed E-state index contributed by atoms with van der Waals surface area (Å²) in [6.07, 6.45) is -1.32. The zero-order chi connectivity index (χ0) is 20.3. The maximum absolute atomic E-state index is 12.6. The minimum Gasteiger partial charge on any atom is -0.481 e. The minimum absolute atomic E-state index is 0.0708. The van der Waals surface area contributed by atoms with Crippen molar-refractivity contribution in [1.29, 1.82) is 0 Å². The van der Waals surface area contributed by atoms with Crippen LogP contribution in [-0.4, -0.2) is 75.7 Å². The van der Waals surface area contributed by atoms with Crippen LogP contribution in [0.3, 0.4) is 0 Å². The molecule has 148 valence electrons. The third-order valence-electron chi connectivity index (χ3n) is 3.32. The highest BCUT2D eigenvalue weighted by molar-refractivity contribution is 5.92. The fraction of sp³-hybridized carbons (Fsp3) is 0.765. The van der Waals surface area contributed by atoms with Gasteiger partial charge in [0.15, 0.2) is 0 Å². The monoisotopic (exact) mass is 372 g/mol. The molecule has 26 heavy (non-hydrogen) atoms. The van der Waals surface area contributed by atoms with E-state index in [0.29, 0.717) is 0 Å². The number of carbonyl (C=O) groups is 4. The Kier molecular flexibility index (Phi) is 6.62. The van der Waals surface area contributed by atoms with Gasteiger partial charge < -0.3 is 19.5 Å². The fourth-order valence-corrected chi connectivity index (χ4v) is 2.43. The van der Waals surface area contributed by atoms with Crippen LogP contribution in [-0.2, 0) is 23.9 Å². The van der Waals surface area contributed by atoms with E-state index >= 15 is 0 Å². The molecule has 0 spiro atoms. The summed E-state index contributed by atoms with van der Waals surface area (Å²) < 4.78 is 10.4. The van der Waals surface area contributed by atoms with Crippen molar-refractivity contribution in [2.75, 3.05) is 19.6 Å². The summed E-state index contributed by atoms with van der Waals surface area (Å²) in [5, 5.41) is 9.10. The summed E-state index contributed by atoms with van der Waals surface area (Å²) in [7, 11) is 0. The summed E-state index contributed by atoms with van der Waals surface area (Å²) in [6, 6.07) is -1.22. The molecule has 1 aliphatic heterocycles. The Labute approximate surface area is 153 Å². The third kappa shape index (κ3) is 6.89. The first-order valence-electron chi connectivity index (χ1n) is 8.41. The zero-order valence-corrected chi connectivity index (χ0v) is 16.2. The van der Waals surface area contributed by atoms with Crippen molar-refractivity contribution in [2.24, 2.45) is 0 Å². The molecule has 1 fully saturated rings. The Bertz CT molecular complexity index is 575. The lowest BCUT2D eigenvalue weighted by Crippen LogP contribution is -2.60. The highest BCUT2D eigenvalue weighted by Crippen LogP contribution is 2.19. The fourth-order valence-electron chi connectivity index (χ4n) is 2.43. The third-order valence-corrected chi connectivity index (χ3v) is 3.32. The number of hydrogen-bond acceptors (Lipinski definition) is 6. The maximum Gasteiger partial charge on any atom is 0.411 e. The molecule has 2 amide bonds. The minimum atomic E-state index is -1.23. The predicted octanol–water partition coefficient (Wildman–Crippen LogP) is 1.25. The zero-order valence-electron chi connectivity index (χ0n) is 16.2. The lowest BCUT2D eigenvalue weighted by molar-refractivity contribution is -0.162. The van der Waals surface area contributed by atoms with Gasteiger partial charge in [-0.25, -0.2) is 4.79 Å². The SMILES string of the molecule is CC(C)(C)OC(=O)CN1CCN(C(=O)OC(C)(C)C)C(CC(=O)O)C1=O. The van der Waals surface area contributed by atoms with Crippen LogP contribution in [0.4, 0.5) is 4.79 Å². The van der Waals surface area contributed by atoms with Gasteiger partial charge in [0.2, 0.25) is 5.91 Å². The molecule has 1 N–H and O–H groups in total. The maximum atomic E-state index is 12.6. The Balaban J connectivity index is 2.89. The van der Waals surface area contributed by atoms with Crippen molar-refractivity contribution >= 4 is 23.9 Å². The second-order valence-corrected chi connectivity index (χ2v) is 8.13. The van der Waals surface area contributed by atoms with Gasteiger partial charge in [0.05, 0.1) is 6.42 Å². The number of ether oxygens (including phenoxy) is 2. The number of nitrogens with zero attached hydrogens (tertiary/aromatic N) is 2. The van der Waals surface area contributed by atoms with Crippen LogP contribution >= 0.6 is 0 Å². The lowest BCUT2D eigenvalue weighted by Gasteiger charge is -2.40. The molecule has 1 rings (SSSR count). The van der Waals surface area contributed by atoms with E-state index in [1.807, 2.05) is 0 Å². The molecule has 1 atom stereocenters. The summed E-state index contributed by atoms with van der Waals surface area (Å²) in [5.74, 6) is -2.43. The Morgan fingerprint density at radius 2 is 1.58 bits per heavy atom. The molecule has 9 nitrogen and oxygen atoms in total. The van der Waals surface area contributed by atoms with Crippen molar-refractivity contribution in [3.63, 3.8) is 0 Å². The number of carboxylic acids is 1. The number of aliphatic carboxylic acids is 1. The molecule has 0 bridgehead atoms. The number of esters is 1. The molecule has 1 saturated heterocycles. The van der Waals surface area contributed by atoms with Crippen LogP contribution in [0.25, 0.3) is 0 Å². The molecule has 0 saturated carbocycles. The van der Waals surface area contributed by atoms with E-state index in [4.69, 9.17) is 14.6 Å². The van der Waals surface area contributed by atoms with Crippen LogP contribution in [0.5, 0.6) is 0 Å². The van der Waals surface area contributed by atoms with E-state index in [2.05, 4.69) is 0 Å². The van der Waals surface area contributed by atoms with Crippen LogP contribution in [0, 0.1) is 0 Å². The molecule has 1 heterocycles. The topological polar surface area (TPSA) is 113 Å². The Hall–Kier alpha value is -2.32. The van der Waals surface area contributed by atoms with Crippen molar-refractivity contribution in [1.82, 2.24) is 9.80 Å². The first-order valence-corrected chi connectivity index (χ1v) is 8.41. The molecular weight excluding hydrogens is 344 g/mol. The van der Waals surface area contributed by atoms with E-state index in [1.54, 1.807) is 41.5 Å². The number of amides is 2. The van der Waals surface area contributed by atoms with Gasteiger partial charge in [-0.15, -0.1) is 0 Å². The quantitative estimate of drug-likeness (QED) is 0.739. The number of carboxylic acid groups (broad SMARTS) is 1. The van der Waals surface area contributed by atoms with Crippen molar-refractivity contribution < 1.29 is 33.8 Å². The molecule has 0 radical (unpaired) electrons. The highest BCUT2D eigenvalue weighted by Gasteiger charge is 2.41. The average molecular weight is 372 g/mol.